The highest BCUT2D eigenvalue weighted by molar-refractivity contribution is 5.15. The van der Waals surface area contributed by atoms with Gasteiger partial charge in [0, 0.05) is 0 Å². The molecule has 0 amide bonds. The quantitative estimate of drug-likeness (QED) is 0.607. The number of nitrogens with zero attached hydrogens (tertiary/aromatic N) is 2. The fraction of sp³-hybridized carbons (Fsp3) is 0.625. The second-order valence-corrected chi connectivity index (χ2v) is 6.03. The van der Waals surface area contributed by atoms with Crippen molar-refractivity contribution in [1.82, 2.24) is 0 Å². The molecule has 6 atom stereocenters. The third-order valence-electron chi connectivity index (χ3n) is 4.89. The average Bonchev–Trinajstić information content (AvgIpc) is 3.17. The van der Waals surface area contributed by atoms with Crippen LogP contribution in [0.5, 0.6) is 0 Å². The molecule has 0 aromatic heterocycles. The Bertz CT molecular complexity index is 418. The van der Waals surface area contributed by atoms with Crippen LogP contribution in [0.4, 0.5) is 0 Å². The first-order chi connectivity index (χ1) is 8.80. The maximum atomic E-state index is 8.60. The van der Waals surface area contributed by atoms with Crippen LogP contribution in [0.1, 0.15) is 25.7 Å². The first-order valence-electron chi connectivity index (χ1n) is 6.96. The summed E-state index contributed by atoms with van der Waals surface area (Å²) >= 11 is 0. The van der Waals surface area contributed by atoms with Crippen molar-refractivity contribution < 1.29 is 0 Å². The fourth-order valence-corrected chi connectivity index (χ4v) is 3.86. The lowest BCUT2D eigenvalue weighted by molar-refractivity contribution is 0.563. The number of allylic oxidation sites excluding steroid dienone is 4. The summed E-state index contributed by atoms with van der Waals surface area (Å²) in [7, 11) is 0. The summed E-state index contributed by atoms with van der Waals surface area (Å²) < 4.78 is 0. The lowest BCUT2D eigenvalue weighted by Crippen LogP contribution is -2.02. The molecule has 0 saturated heterocycles. The van der Waals surface area contributed by atoms with Crippen LogP contribution in [-0.4, -0.2) is 0 Å². The van der Waals surface area contributed by atoms with Gasteiger partial charge in [-0.05, 0) is 49.4 Å². The highest BCUT2D eigenvalue weighted by Crippen LogP contribution is 2.43. The monoisotopic (exact) mass is 238 g/mol. The normalized spacial score (nSPS) is 45.4. The van der Waals surface area contributed by atoms with E-state index in [1.54, 1.807) is 0 Å². The topological polar surface area (TPSA) is 47.6 Å². The van der Waals surface area contributed by atoms with Gasteiger partial charge in [0.2, 0.25) is 0 Å². The number of rotatable bonds is 0. The van der Waals surface area contributed by atoms with Gasteiger partial charge in [-0.2, -0.15) is 10.5 Å². The molecule has 0 heterocycles. The molecule has 18 heavy (non-hydrogen) atoms. The summed E-state index contributed by atoms with van der Waals surface area (Å²) in [5.41, 5.74) is 0. The van der Waals surface area contributed by atoms with E-state index in [4.69, 9.17) is 10.5 Å². The Morgan fingerprint density at radius 1 is 0.667 bits per heavy atom. The van der Waals surface area contributed by atoms with Crippen molar-refractivity contribution in [3.05, 3.63) is 24.3 Å². The number of hydrogen-bond donors (Lipinski definition) is 0. The molecule has 0 spiro atoms. The standard InChI is InChI=1S/2C8H9N/c2*9-5-8-4-6-1-2-7(8)3-6/h2*1-2,6-8H,3-4H2. The molecule has 0 aromatic carbocycles. The Kier molecular flexibility index (Phi) is 2.96. The van der Waals surface area contributed by atoms with Gasteiger partial charge >= 0.3 is 0 Å². The lowest BCUT2D eigenvalue weighted by atomic mass is 9.95. The van der Waals surface area contributed by atoms with E-state index in [2.05, 4.69) is 36.4 Å². The third-order valence-corrected chi connectivity index (χ3v) is 4.89. The molecule has 4 aliphatic carbocycles. The van der Waals surface area contributed by atoms with Crippen LogP contribution in [0.2, 0.25) is 0 Å². The van der Waals surface area contributed by atoms with Crippen molar-refractivity contribution in [2.45, 2.75) is 25.7 Å². The SMILES string of the molecule is N#CC1CC2C=CC1C2.N#CC1CC2C=CC1C2. The van der Waals surface area contributed by atoms with Crippen molar-refractivity contribution in [2.75, 3.05) is 0 Å². The molecule has 2 fully saturated rings. The van der Waals surface area contributed by atoms with Gasteiger partial charge in [0.05, 0.1) is 24.0 Å². The molecular weight excluding hydrogens is 220 g/mol. The van der Waals surface area contributed by atoms with E-state index >= 15 is 0 Å². The van der Waals surface area contributed by atoms with Crippen LogP contribution in [0.3, 0.4) is 0 Å². The van der Waals surface area contributed by atoms with Crippen molar-refractivity contribution >= 4 is 0 Å². The molecule has 2 heteroatoms. The number of hydrogen-bond acceptors (Lipinski definition) is 2. The third kappa shape index (κ3) is 1.97. The number of fused-ring (bicyclic) bond motifs is 4. The van der Waals surface area contributed by atoms with E-state index in [9.17, 15) is 0 Å². The second-order valence-electron chi connectivity index (χ2n) is 6.03. The van der Waals surface area contributed by atoms with E-state index < -0.39 is 0 Å². The van der Waals surface area contributed by atoms with Crippen LogP contribution < -0.4 is 0 Å². The zero-order chi connectivity index (χ0) is 12.5. The first-order valence-corrected chi connectivity index (χ1v) is 6.96. The van der Waals surface area contributed by atoms with Crippen molar-refractivity contribution in [1.29, 1.82) is 10.5 Å². The molecule has 0 aromatic rings. The minimum Gasteiger partial charge on any atom is -0.198 e. The second kappa shape index (κ2) is 4.62. The molecule has 6 unspecified atom stereocenters. The van der Waals surface area contributed by atoms with Crippen molar-refractivity contribution in [3.63, 3.8) is 0 Å². The van der Waals surface area contributed by atoms with Gasteiger partial charge < -0.3 is 0 Å². The Morgan fingerprint density at radius 3 is 1.28 bits per heavy atom. The Morgan fingerprint density at radius 2 is 1.11 bits per heavy atom. The maximum absolute atomic E-state index is 8.60. The van der Waals surface area contributed by atoms with Gasteiger partial charge in [-0.25, -0.2) is 0 Å². The van der Waals surface area contributed by atoms with Crippen LogP contribution in [0, 0.1) is 58.2 Å². The minimum absolute atomic E-state index is 0.347. The molecule has 92 valence electrons. The molecule has 2 nitrogen and oxygen atoms in total. The highest BCUT2D eigenvalue weighted by Gasteiger charge is 2.35. The van der Waals surface area contributed by atoms with Gasteiger partial charge in [0.25, 0.3) is 0 Å². The highest BCUT2D eigenvalue weighted by atomic mass is 14.4. The summed E-state index contributed by atoms with van der Waals surface area (Å²) in [4.78, 5) is 0. The smallest absolute Gasteiger partial charge is 0.0662 e. The van der Waals surface area contributed by atoms with E-state index in [1.165, 1.54) is 12.8 Å². The zero-order valence-corrected chi connectivity index (χ0v) is 10.5. The maximum Gasteiger partial charge on any atom is 0.0662 e. The van der Waals surface area contributed by atoms with Gasteiger partial charge in [0.1, 0.15) is 0 Å². The minimum atomic E-state index is 0.347. The molecule has 0 radical (unpaired) electrons. The van der Waals surface area contributed by atoms with E-state index in [1.807, 2.05) is 0 Å². The van der Waals surface area contributed by atoms with Gasteiger partial charge in [-0.1, -0.05) is 24.3 Å². The Hall–Kier alpha value is -1.54. The van der Waals surface area contributed by atoms with Crippen LogP contribution in [0.15, 0.2) is 24.3 Å². The summed E-state index contributed by atoms with van der Waals surface area (Å²) in [6, 6.07) is 4.69. The molecule has 0 N–H and O–H groups in total. The molecule has 2 saturated carbocycles. The van der Waals surface area contributed by atoms with Crippen LogP contribution in [0.25, 0.3) is 0 Å². The zero-order valence-electron chi connectivity index (χ0n) is 10.5. The molecular formula is C16H18N2. The van der Waals surface area contributed by atoms with E-state index in [-0.39, 0.29) is 0 Å². The predicted molar refractivity (Wildman–Crippen MR) is 68.9 cm³/mol. The Balaban J connectivity index is 0.000000111. The predicted octanol–water partition coefficient (Wildman–Crippen LogP) is 3.44. The van der Waals surface area contributed by atoms with Gasteiger partial charge in [-0.15, -0.1) is 0 Å². The summed E-state index contributed by atoms with van der Waals surface area (Å²) in [5, 5.41) is 17.2. The molecule has 0 aliphatic heterocycles. The van der Waals surface area contributed by atoms with Crippen LogP contribution in [-0.2, 0) is 0 Å². The average molecular weight is 238 g/mol. The molecule has 4 aliphatic rings. The Labute approximate surface area is 109 Å². The van der Waals surface area contributed by atoms with E-state index in [0.29, 0.717) is 23.7 Å². The van der Waals surface area contributed by atoms with E-state index in [0.717, 1.165) is 24.7 Å². The summed E-state index contributed by atoms with van der Waals surface area (Å²) in [6.07, 6.45) is 13.7. The van der Waals surface area contributed by atoms with Gasteiger partial charge in [-0.3, -0.25) is 0 Å². The summed E-state index contributed by atoms with van der Waals surface area (Å²) in [6.45, 7) is 0. The van der Waals surface area contributed by atoms with Gasteiger partial charge in [0.15, 0.2) is 0 Å². The first kappa shape index (κ1) is 11.5. The van der Waals surface area contributed by atoms with Crippen LogP contribution >= 0.6 is 0 Å². The largest absolute Gasteiger partial charge is 0.198 e. The molecule has 4 rings (SSSR count). The lowest BCUT2D eigenvalue weighted by Gasteiger charge is -2.06. The van der Waals surface area contributed by atoms with Crippen molar-refractivity contribution in [3.8, 4) is 12.1 Å². The summed E-state index contributed by atoms with van der Waals surface area (Å²) in [5.74, 6) is 3.42. The van der Waals surface area contributed by atoms with Crippen molar-refractivity contribution in [2.24, 2.45) is 35.5 Å². The fourth-order valence-electron chi connectivity index (χ4n) is 3.86. The number of nitriles is 2. The molecule has 4 bridgehead atoms.